The highest BCUT2D eigenvalue weighted by Crippen LogP contribution is 2.72. The number of rotatable bonds is 4. The number of furan rings is 1. The van der Waals surface area contributed by atoms with Crippen molar-refractivity contribution in [3.63, 3.8) is 0 Å². The lowest BCUT2D eigenvalue weighted by Gasteiger charge is -2.27. The quantitative estimate of drug-likeness (QED) is 0.833. The van der Waals surface area contributed by atoms with Crippen LogP contribution in [0.4, 0.5) is 0 Å². The van der Waals surface area contributed by atoms with Crippen molar-refractivity contribution in [1.82, 2.24) is 4.90 Å². The first kappa shape index (κ1) is 15.5. The van der Waals surface area contributed by atoms with E-state index in [1.807, 2.05) is 37.1 Å². The number of nitrogens with zero attached hydrogens (tertiary/aromatic N) is 1. The summed E-state index contributed by atoms with van der Waals surface area (Å²) in [7, 11) is 1.91. The first-order chi connectivity index (χ1) is 11.6. The fourth-order valence-electron chi connectivity index (χ4n) is 4.88. The molecule has 0 saturated heterocycles. The number of carbonyl (C=O) groups is 1. The van der Waals surface area contributed by atoms with Gasteiger partial charge in [-0.05, 0) is 49.3 Å². The van der Waals surface area contributed by atoms with E-state index in [0.29, 0.717) is 6.54 Å². The Balaban J connectivity index is 1.64. The van der Waals surface area contributed by atoms with Gasteiger partial charge in [0.1, 0.15) is 11.5 Å². The van der Waals surface area contributed by atoms with Crippen LogP contribution in [0.25, 0.3) is 0 Å². The van der Waals surface area contributed by atoms with Crippen molar-refractivity contribution < 1.29 is 9.21 Å². The molecule has 1 amide bonds. The van der Waals surface area contributed by atoms with Gasteiger partial charge in [0.2, 0.25) is 5.91 Å². The van der Waals surface area contributed by atoms with E-state index < -0.39 is 0 Å². The van der Waals surface area contributed by atoms with Gasteiger partial charge in [0, 0.05) is 7.05 Å². The summed E-state index contributed by atoms with van der Waals surface area (Å²) in [4.78, 5) is 15.3. The van der Waals surface area contributed by atoms with Gasteiger partial charge < -0.3 is 9.32 Å². The van der Waals surface area contributed by atoms with Crippen LogP contribution in [0.15, 0.2) is 46.9 Å². The third-order valence-electron chi connectivity index (χ3n) is 6.11. The van der Waals surface area contributed by atoms with Crippen molar-refractivity contribution >= 4 is 5.91 Å². The molecule has 2 aliphatic rings. The molecule has 0 radical (unpaired) electrons. The van der Waals surface area contributed by atoms with Crippen LogP contribution in [0.1, 0.15) is 49.2 Å². The highest BCUT2D eigenvalue weighted by atomic mass is 16.3. The molecular weight excluding hydrogens is 298 g/mol. The van der Waals surface area contributed by atoms with E-state index in [9.17, 15) is 4.79 Å². The summed E-state index contributed by atoms with van der Waals surface area (Å²) in [6.07, 6.45) is 5.87. The van der Waals surface area contributed by atoms with E-state index in [2.05, 4.69) is 24.3 Å². The predicted octanol–water partition coefficient (Wildman–Crippen LogP) is 4.45. The maximum absolute atomic E-state index is 13.5. The minimum Gasteiger partial charge on any atom is -0.464 e. The van der Waals surface area contributed by atoms with Crippen molar-refractivity contribution in [1.29, 1.82) is 0 Å². The third kappa shape index (κ3) is 2.21. The molecule has 4 rings (SSSR count). The first-order valence-electron chi connectivity index (χ1n) is 8.94. The zero-order valence-corrected chi connectivity index (χ0v) is 14.5. The molecule has 0 N–H and O–H groups in total. The van der Waals surface area contributed by atoms with Gasteiger partial charge in [-0.1, -0.05) is 43.2 Å². The van der Waals surface area contributed by atoms with Gasteiger partial charge in [-0.3, -0.25) is 4.79 Å². The van der Waals surface area contributed by atoms with Crippen LogP contribution in [0, 0.1) is 12.3 Å². The van der Waals surface area contributed by atoms with Gasteiger partial charge >= 0.3 is 0 Å². The maximum Gasteiger partial charge on any atom is 0.233 e. The lowest BCUT2D eigenvalue weighted by atomic mass is 9.83. The van der Waals surface area contributed by atoms with Crippen LogP contribution in [0.5, 0.6) is 0 Å². The Morgan fingerprint density at radius 3 is 2.46 bits per heavy atom. The average Bonchev–Trinajstić information content (AvgIpc) is 2.88. The van der Waals surface area contributed by atoms with Crippen LogP contribution in [-0.4, -0.2) is 17.9 Å². The number of likely N-dealkylation sites (N-methyl/N-ethyl adjacent to an activating group) is 1. The van der Waals surface area contributed by atoms with E-state index >= 15 is 0 Å². The summed E-state index contributed by atoms with van der Waals surface area (Å²) in [5.74, 6) is 2.00. The molecule has 1 aromatic heterocycles. The highest BCUT2D eigenvalue weighted by Gasteiger charge is 2.72. The third-order valence-corrected chi connectivity index (χ3v) is 6.11. The largest absolute Gasteiger partial charge is 0.464 e. The number of carbonyl (C=O) groups excluding carboxylic acids is 1. The summed E-state index contributed by atoms with van der Waals surface area (Å²) in [6, 6.07) is 14.3. The standard InChI is InChI=1S/C21H25NO2/c1-16-10-11-18(24-16)14-22(2)19(23)21(17-8-4-3-5-9-17)15-20(21)12-6-7-13-20/h3-5,8-11H,6-7,12-15H2,1-2H3/t21-/m1/s1. The SMILES string of the molecule is Cc1ccc(CN(C)C(=O)[C@]2(c3ccccc3)CC23CCCC3)o1. The van der Waals surface area contributed by atoms with Crippen LogP contribution in [0.2, 0.25) is 0 Å². The molecule has 0 unspecified atom stereocenters. The normalized spacial score (nSPS) is 24.2. The van der Waals surface area contributed by atoms with Gasteiger partial charge in [-0.2, -0.15) is 0 Å². The molecule has 24 heavy (non-hydrogen) atoms. The minimum absolute atomic E-state index is 0.193. The molecule has 2 aromatic rings. The van der Waals surface area contributed by atoms with E-state index in [1.165, 1.54) is 31.2 Å². The number of hydrogen-bond acceptors (Lipinski definition) is 2. The molecule has 1 aromatic carbocycles. The van der Waals surface area contributed by atoms with Gasteiger partial charge in [-0.15, -0.1) is 0 Å². The van der Waals surface area contributed by atoms with Gasteiger partial charge in [0.15, 0.2) is 0 Å². The van der Waals surface area contributed by atoms with E-state index in [-0.39, 0.29) is 16.7 Å². The summed E-state index contributed by atoms with van der Waals surface area (Å²) in [5.41, 5.74) is 1.07. The molecule has 0 aliphatic heterocycles. The lowest BCUT2D eigenvalue weighted by molar-refractivity contribution is -0.134. The summed E-state index contributed by atoms with van der Waals surface area (Å²) >= 11 is 0. The molecule has 2 saturated carbocycles. The molecule has 3 nitrogen and oxygen atoms in total. The zero-order valence-electron chi connectivity index (χ0n) is 14.5. The first-order valence-corrected chi connectivity index (χ1v) is 8.94. The highest BCUT2D eigenvalue weighted by molar-refractivity contribution is 5.93. The number of hydrogen-bond donors (Lipinski definition) is 0. The molecular formula is C21H25NO2. The molecule has 1 heterocycles. The van der Waals surface area contributed by atoms with Crippen LogP contribution in [-0.2, 0) is 16.8 Å². The van der Waals surface area contributed by atoms with Crippen LogP contribution >= 0.6 is 0 Å². The molecule has 1 spiro atoms. The molecule has 2 aliphatic carbocycles. The fraction of sp³-hybridized carbons (Fsp3) is 0.476. The number of aryl methyl sites for hydroxylation is 1. The summed E-state index contributed by atoms with van der Waals surface area (Å²) in [5, 5.41) is 0. The number of amides is 1. The Kier molecular flexibility index (Phi) is 3.56. The fourth-order valence-corrected chi connectivity index (χ4v) is 4.88. The Hall–Kier alpha value is -2.03. The van der Waals surface area contributed by atoms with E-state index in [1.54, 1.807) is 0 Å². The maximum atomic E-state index is 13.5. The Labute approximate surface area is 143 Å². The second-order valence-electron chi connectivity index (χ2n) is 7.61. The lowest BCUT2D eigenvalue weighted by Crippen LogP contribution is -2.39. The van der Waals surface area contributed by atoms with Crippen molar-refractivity contribution in [2.24, 2.45) is 5.41 Å². The molecule has 2 fully saturated rings. The molecule has 1 atom stereocenters. The van der Waals surface area contributed by atoms with Crippen LogP contribution in [0.3, 0.4) is 0 Å². The molecule has 0 bridgehead atoms. The van der Waals surface area contributed by atoms with Crippen LogP contribution < -0.4 is 0 Å². The smallest absolute Gasteiger partial charge is 0.233 e. The second kappa shape index (κ2) is 5.51. The number of benzene rings is 1. The second-order valence-corrected chi connectivity index (χ2v) is 7.61. The Morgan fingerprint density at radius 2 is 1.83 bits per heavy atom. The molecule has 3 heteroatoms. The summed E-state index contributed by atoms with van der Waals surface area (Å²) < 4.78 is 5.67. The monoisotopic (exact) mass is 323 g/mol. The van der Waals surface area contributed by atoms with Gasteiger partial charge in [-0.25, -0.2) is 0 Å². The van der Waals surface area contributed by atoms with Crippen molar-refractivity contribution in [3.05, 3.63) is 59.5 Å². The van der Waals surface area contributed by atoms with Crippen molar-refractivity contribution in [2.75, 3.05) is 7.05 Å². The Bertz CT molecular complexity index is 742. The Morgan fingerprint density at radius 1 is 1.12 bits per heavy atom. The predicted molar refractivity (Wildman–Crippen MR) is 93.6 cm³/mol. The minimum atomic E-state index is -0.318. The zero-order chi connectivity index (χ0) is 16.8. The molecule has 126 valence electrons. The van der Waals surface area contributed by atoms with E-state index in [4.69, 9.17) is 4.42 Å². The van der Waals surface area contributed by atoms with Crippen molar-refractivity contribution in [3.8, 4) is 0 Å². The topological polar surface area (TPSA) is 33.5 Å². The van der Waals surface area contributed by atoms with Gasteiger partial charge in [0.25, 0.3) is 0 Å². The van der Waals surface area contributed by atoms with Gasteiger partial charge in [0.05, 0.1) is 12.0 Å². The van der Waals surface area contributed by atoms with E-state index in [0.717, 1.165) is 17.9 Å². The average molecular weight is 323 g/mol. The van der Waals surface area contributed by atoms with Crippen molar-refractivity contribution in [2.45, 2.75) is 51.0 Å². The summed E-state index contributed by atoms with van der Waals surface area (Å²) in [6.45, 7) is 2.47.